The van der Waals surface area contributed by atoms with Crippen LogP contribution in [0.3, 0.4) is 0 Å². The van der Waals surface area contributed by atoms with Crippen LogP contribution in [0, 0.1) is 13.8 Å². The van der Waals surface area contributed by atoms with Crippen LogP contribution in [0.25, 0.3) is 0 Å². The number of halogens is 1. The van der Waals surface area contributed by atoms with E-state index in [2.05, 4.69) is 15.4 Å². The molecule has 0 aliphatic rings. The molecule has 3 rings (SSSR count). The first-order chi connectivity index (χ1) is 13.7. The Labute approximate surface area is 181 Å². The molecule has 3 N–H and O–H groups in total. The first-order valence-electron chi connectivity index (χ1n) is 8.77. The van der Waals surface area contributed by atoms with Crippen molar-refractivity contribution in [2.24, 2.45) is 0 Å². The number of thiocarbonyl (C=S) groups is 1. The normalized spacial score (nSPS) is 11.0. The Kier molecular flexibility index (Phi) is 6.42. The maximum atomic E-state index is 12.5. The molecule has 0 saturated carbocycles. The highest BCUT2D eigenvalue weighted by Crippen LogP contribution is 2.21. The Balaban J connectivity index is 1.67. The Morgan fingerprint density at radius 3 is 2.14 bits per heavy atom. The van der Waals surface area contributed by atoms with Crippen LogP contribution in [0.15, 0.2) is 71.6 Å². The van der Waals surface area contributed by atoms with Gasteiger partial charge in [-0.25, -0.2) is 8.42 Å². The Morgan fingerprint density at radius 1 is 0.862 bits per heavy atom. The number of hydrogen-bond acceptors (Lipinski definition) is 3. The molecule has 29 heavy (non-hydrogen) atoms. The second-order valence-corrected chi connectivity index (χ2v) is 9.06. The van der Waals surface area contributed by atoms with E-state index in [9.17, 15) is 8.42 Å². The molecule has 5 nitrogen and oxygen atoms in total. The van der Waals surface area contributed by atoms with E-state index in [0.717, 1.165) is 16.8 Å². The smallest absolute Gasteiger partial charge is 0.261 e. The molecule has 0 amide bonds. The van der Waals surface area contributed by atoms with Crippen molar-refractivity contribution in [3.05, 3.63) is 82.9 Å². The van der Waals surface area contributed by atoms with Crippen molar-refractivity contribution < 1.29 is 8.42 Å². The van der Waals surface area contributed by atoms with Gasteiger partial charge in [-0.3, -0.25) is 4.72 Å². The number of hydrogen-bond donors (Lipinski definition) is 3. The van der Waals surface area contributed by atoms with Crippen LogP contribution < -0.4 is 15.4 Å². The number of benzene rings is 3. The van der Waals surface area contributed by atoms with Crippen LogP contribution >= 0.6 is 23.8 Å². The van der Waals surface area contributed by atoms with Gasteiger partial charge in [0.1, 0.15) is 0 Å². The van der Waals surface area contributed by atoms with Crippen LogP contribution in [0.5, 0.6) is 0 Å². The molecule has 0 aliphatic heterocycles. The highest BCUT2D eigenvalue weighted by molar-refractivity contribution is 7.92. The predicted molar refractivity (Wildman–Crippen MR) is 124 cm³/mol. The number of rotatable bonds is 5. The van der Waals surface area contributed by atoms with Crippen molar-refractivity contribution >= 4 is 56.0 Å². The summed E-state index contributed by atoms with van der Waals surface area (Å²) in [4.78, 5) is 0.145. The fourth-order valence-electron chi connectivity index (χ4n) is 2.60. The highest BCUT2D eigenvalue weighted by Gasteiger charge is 2.14. The zero-order valence-electron chi connectivity index (χ0n) is 15.9. The van der Waals surface area contributed by atoms with Crippen LogP contribution in [0.1, 0.15) is 11.1 Å². The number of aryl methyl sites for hydroxylation is 2. The van der Waals surface area contributed by atoms with Crippen molar-refractivity contribution in [1.82, 2.24) is 0 Å². The van der Waals surface area contributed by atoms with Gasteiger partial charge >= 0.3 is 0 Å². The van der Waals surface area contributed by atoms with Gasteiger partial charge in [0.2, 0.25) is 0 Å². The quantitative estimate of drug-likeness (QED) is 0.448. The summed E-state index contributed by atoms with van der Waals surface area (Å²) in [7, 11) is -3.70. The number of sulfonamides is 1. The molecule has 0 aromatic heterocycles. The molecule has 0 spiro atoms. The molecule has 0 fully saturated rings. The minimum Gasteiger partial charge on any atom is -0.332 e. The standard InChI is InChI=1S/C21H20ClN3O2S2/c1-14-3-4-15(2)20(13-14)24-21(28)23-17-9-11-19(12-10-17)29(26,27)25-18-7-5-16(22)6-8-18/h3-13,25H,1-2H3,(H2,23,24,28). The molecule has 8 heteroatoms. The van der Waals surface area contributed by atoms with E-state index in [1.807, 2.05) is 32.0 Å². The van der Waals surface area contributed by atoms with E-state index in [1.165, 1.54) is 12.1 Å². The lowest BCUT2D eigenvalue weighted by Gasteiger charge is -2.14. The zero-order chi connectivity index (χ0) is 21.0. The topological polar surface area (TPSA) is 70.2 Å². The average molecular weight is 446 g/mol. The summed E-state index contributed by atoms with van der Waals surface area (Å²) in [5.41, 5.74) is 4.25. The first kappa shape index (κ1) is 21.1. The highest BCUT2D eigenvalue weighted by atomic mass is 35.5. The van der Waals surface area contributed by atoms with Crippen LogP contribution in [-0.4, -0.2) is 13.5 Å². The Hall–Kier alpha value is -2.61. The summed E-state index contributed by atoms with van der Waals surface area (Å²) in [6.07, 6.45) is 0. The lowest BCUT2D eigenvalue weighted by Crippen LogP contribution is -2.20. The Bertz CT molecular complexity index is 1130. The van der Waals surface area contributed by atoms with Crippen LogP contribution in [0.4, 0.5) is 17.1 Å². The summed E-state index contributed by atoms with van der Waals surface area (Å²) in [5.74, 6) is 0. The molecule has 150 valence electrons. The van der Waals surface area contributed by atoms with Crippen molar-refractivity contribution in [2.75, 3.05) is 15.4 Å². The minimum absolute atomic E-state index is 0.145. The summed E-state index contributed by atoms with van der Waals surface area (Å²) in [5, 5.41) is 7.18. The van der Waals surface area contributed by atoms with Gasteiger partial charge in [-0.15, -0.1) is 0 Å². The van der Waals surface area contributed by atoms with E-state index < -0.39 is 10.0 Å². The zero-order valence-corrected chi connectivity index (χ0v) is 18.3. The fraction of sp³-hybridized carbons (Fsp3) is 0.0952. The van der Waals surface area contributed by atoms with Gasteiger partial charge in [0.15, 0.2) is 5.11 Å². The molecule has 0 saturated heterocycles. The van der Waals surface area contributed by atoms with Crippen molar-refractivity contribution in [3.63, 3.8) is 0 Å². The van der Waals surface area contributed by atoms with Crippen molar-refractivity contribution in [3.8, 4) is 0 Å². The predicted octanol–water partition coefficient (Wildman–Crippen LogP) is 5.57. The SMILES string of the molecule is Cc1ccc(C)c(NC(=S)Nc2ccc(S(=O)(=O)Nc3ccc(Cl)cc3)cc2)c1. The van der Waals surface area contributed by atoms with Crippen LogP contribution in [0.2, 0.25) is 5.02 Å². The molecule has 0 atom stereocenters. The number of anilines is 3. The van der Waals surface area contributed by atoms with Gasteiger partial charge in [0.25, 0.3) is 10.0 Å². The second-order valence-electron chi connectivity index (χ2n) is 6.53. The van der Waals surface area contributed by atoms with E-state index in [-0.39, 0.29) is 4.90 Å². The van der Waals surface area contributed by atoms with Crippen molar-refractivity contribution in [2.45, 2.75) is 18.7 Å². The summed E-state index contributed by atoms with van der Waals surface area (Å²) < 4.78 is 27.6. The second kappa shape index (κ2) is 8.82. The van der Waals surface area contributed by atoms with Gasteiger partial charge < -0.3 is 10.6 Å². The number of nitrogens with one attached hydrogen (secondary N) is 3. The largest absolute Gasteiger partial charge is 0.332 e. The monoisotopic (exact) mass is 445 g/mol. The molecule has 0 aliphatic carbocycles. The molecular weight excluding hydrogens is 426 g/mol. The molecule has 0 heterocycles. The molecule has 3 aromatic carbocycles. The van der Waals surface area contributed by atoms with Crippen LogP contribution in [-0.2, 0) is 10.0 Å². The molecule has 0 bridgehead atoms. The maximum absolute atomic E-state index is 12.5. The Morgan fingerprint density at radius 2 is 1.48 bits per heavy atom. The van der Waals surface area contributed by atoms with Gasteiger partial charge in [-0.1, -0.05) is 23.7 Å². The molecule has 3 aromatic rings. The van der Waals surface area contributed by atoms with E-state index in [0.29, 0.717) is 21.5 Å². The third-order valence-corrected chi connectivity index (χ3v) is 6.01. The van der Waals surface area contributed by atoms with E-state index >= 15 is 0 Å². The van der Waals surface area contributed by atoms with Gasteiger partial charge in [0, 0.05) is 22.1 Å². The summed E-state index contributed by atoms with van der Waals surface area (Å²) in [6.45, 7) is 4.01. The molecule has 0 unspecified atom stereocenters. The molecule has 0 radical (unpaired) electrons. The van der Waals surface area contributed by atoms with Crippen molar-refractivity contribution in [1.29, 1.82) is 0 Å². The van der Waals surface area contributed by atoms with Gasteiger partial charge in [-0.05, 0) is 91.8 Å². The third-order valence-electron chi connectivity index (χ3n) is 4.16. The molecular formula is C21H20ClN3O2S2. The maximum Gasteiger partial charge on any atom is 0.261 e. The van der Waals surface area contributed by atoms with Gasteiger partial charge in [0.05, 0.1) is 4.90 Å². The lowest BCUT2D eigenvalue weighted by molar-refractivity contribution is 0.601. The third kappa shape index (κ3) is 5.69. The average Bonchev–Trinajstić information content (AvgIpc) is 2.67. The first-order valence-corrected chi connectivity index (χ1v) is 11.0. The summed E-state index contributed by atoms with van der Waals surface area (Å²) >= 11 is 11.2. The van der Waals surface area contributed by atoms with E-state index in [1.54, 1.807) is 36.4 Å². The summed E-state index contributed by atoms with van der Waals surface area (Å²) in [6, 6.07) is 18.9. The van der Waals surface area contributed by atoms with E-state index in [4.69, 9.17) is 23.8 Å². The minimum atomic E-state index is -3.70. The fourth-order valence-corrected chi connectivity index (χ4v) is 4.02. The van der Waals surface area contributed by atoms with Gasteiger partial charge in [-0.2, -0.15) is 0 Å². The lowest BCUT2D eigenvalue weighted by atomic mass is 10.1.